The van der Waals surface area contributed by atoms with Crippen molar-refractivity contribution in [1.29, 1.82) is 0 Å². The smallest absolute Gasteiger partial charge is 0.272 e. The number of aromatic nitrogens is 4. The Hall–Kier alpha value is -3.45. The molecule has 30 heavy (non-hydrogen) atoms. The monoisotopic (exact) mass is 423 g/mol. The van der Waals surface area contributed by atoms with Gasteiger partial charge in [0.1, 0.15) is 0 Å². The number of hydrogen-bond donors (Lipinski definition) is 2. The first-order valence-corrected chi connectivity index (χ1v) is 9.54. The molecule has 0 bridgehead atoms. The third kappa shape index (κ3) is 4.93. The molecule has 2 aromatic carbocycles. The Labute approximate surface area is 179 Å². The number of carbonyl (C=O) groups is 1. The summed E-state index contributed by atoms with van der Waals surface area (Å²) in [6, 6.07) is 14.8. The average molecular weight is 424 g/mol. The largest absolute Gasteiger partial charge is 0.337 e. The van der Waals surface area contributed by atoms with Gasteiger partial charge in [0.25, 0.3) is 5.56 Å². The van der Waals surface area contributed by atoms with Crippen LogP contribution in [0, 0.1) is 0 Å². The van der Waals surface area contributed by atoms with Crippen LogP contribution < -0.4 is 10.9 Å². The number of nitrogens with zero attached hydrogens (tertiary/aromatic N) is 3. The average Bonchev–Trinajstić information content (AvgIpc) is 3.25. The van der Waals surface area contributed by atoms with Crippen LogP contribution in [0.3, 0.4) is 0 Å². The number of aryl methyl sites for hydroxylation is 1. The van der Waals surface area contributed by atoms with Crippen molar-refractivity contribution in [1.82, 2.24) is 19.7 Å². The van der Waals surface area contributed by atoms with Crippen molar-refractivity contribution in [3.05, 3.63) is 77.6 Å². The Morgan fingerprint density at radius 2 is 1.90 bits per heavy atom. The minimum Gasteiger partial charge on any atom is -0.337 e. The predicted molar refractivity (Wildman–Crippen MR) is 120 cm³/mol. The van der Waals surface area contributed by atoms with E-state index in [2.05, 4.69) is 20.5 Å². The second-order valence-corrected chi connectivity index (χ2v) is 6.83. The van der Waals surface area contributed by atoms with Gasteiger partial charge in [-0.15, -0.1) is 12.4 Å². The molecule has 0 aliphatic heterocycles. The maximum atomic E-state index is 12.3. The van der Waals surface area contributed by atoms with Gasteiger partial charge in [-0.25, -0.2) is 10.1 Å². The first-order valence-electron chi connectivity index (χ1n) is 9.54. The van der Waals surface area contributed by atoms with E-state index in [-0.39, 0.29) is 23.9 Å². The highest BCUT2D eigenvalue weighted by atomic mass is 35.5. The number of amides is 1. The highest BCUT2D eigenvalue weighted by Crippen LogP contribution is 2.26. The Bertz CT molecular complexity index is 1190. The Balaban J connectivity index is 0.00000256. The SMILES string of the molecule is Cl.O=C(CCCCn1ccnc1)Nc1cccc(-c2n[nH]c(=O)c3ccccc23)c1. The molecule has 0 fully saturated rings. The van der Waals surface area contributed by atoms with Gasteiger partial charge in [-0.05, 0) is 31.0 Å². The predicted octanol–water partition coefficient (Wildman–Crippen LogP) is 4.02. The van der Waals surface area contributed by atoms with Crippen LogP contribution in [0.25, 0.3) is 22.0 Å². The molecular formula is C22H22ClN5O2. The Kier molecular flexibility index (Phi) is 6.98. The molecule has 154 valence electrons. The summed E-state index contributed by atoms with van der Waals surface area (Å²) in [5.74, 6) is -0.0212. The van der Waals surface area contributed by atoms with Crippen molar-refractivity contribution in [3.63, 3.8) is 0 Å². The lowest BCUT2D eigenvalue weighted by Gasteiger charge is -2.09. The van der Waals surface area contributed by atoms with Gasteiger partial charge in [-0.2, -0.15) is 5.10 Å². The van der Waals surface area contributed by atoms with Crippen molar-refractivity contribution in [2.24, 2.45) is 0 Å². The van der Waals surface area contributed by atoms with Gasteiger partial charge in [0.2, 0.25) is 5.91 Å². The van der Waals surface area contributed by atoms with E-state index in [9.17, 15) is 9.59 Å². The number of benzene rings is 2. The van der Waals surface area contributed by atoms with E-state index < -0.39 is 0 Å². The molecule has 4 aromatic rings. The van der Waals surface area contributed by atoms with E-state index in [1.165, 1.54) is 0 Å². The van der Waals surface area contributed by atoms with Crippen LogP contribution in [0.15, 0.2) is 72.0 Å². The fourth-order valence-corrected chi connectivity index (χ4v) is 3.30. The summed E-state index contributed by atoms with van der Waals surface area (Å²) >= 11 is 0. The molecule has 2 aromatic heterocycles. The zero-order valence-electron chi connectivity index (χ0n) is 16.2. The lowest BCUT2D eigenvalue weighted by atomic mass is 10.0. The molecule has 0 radical (unpaired) electrons. The number of aromatic amines is 1. The van der Waals surface area contributed by atoms with E-state index in [1.54, 1.807) is 18.6 Å². The van der Waals surface area contributed by atoms with E-state index in [0.29, 0.717) is 23.2 Å². The molecule has 0 saturated heterocycles. The topological polar surface area (TPSA) is 92.7 Å². The molecule has 7 nitrogen and oxygen atoms in total. The van der Waals surface area contributed by atoms with Gasteiger partial charge in [0.05, 0.1) is 17.4 Å². The molecule has 0 unspecified atom stereocenters. The first kappa shape index (κ1) is 21.3. The van der Waals surface area contributed by atoms with Crippen LogP contribution in [0.4, 0.5) is 5.69 Å². The quantitative estimate of drug-likeness (QED) is 0.439. The molecule has 4 rings (SSSR count). The summed E-state index contributed by atoms with van der Waals surface area (Å²) in [5.41, 5.74) is 2.00. The zero-order chi connectivity index (χ0) is 20.1. The number of fused-ring (bicyclic) bond motifs is 1. The molecule has 0 saturated carbocycles. The molecule has 0 atom stereocenters. The van der Waals surface area contributed by atoms with Gasteiger partial charge in [-0.1, -0.05) is 30.3 Å². The van der Waals surface area contributed by atoms with E-state index in [0.717, 1.165) is 30.3 Å². The number of halogens is 1. The number of anilines is 1. The standard InChI is InChI=1S/C22H21N5O2.ClH/c28-20(10-3-4-12-27-13-11-23-15-27)24-17-7-5-6-16(14-17)21-18-8-1-2-9-19(18)22(29)26-25-21;/h1-2,5-9,11,13-15H,3-4,10,12H2,(H,24,28)(H,26,29);1H. The van der Waals surface area contributed by atoms with Crippen molar-refractivity contribution in [2.45, 2.75) is 25.8 Å². The maximum absolute atomic E-state index is 12.3. The second-order valence-electron chi connectivity index (χ2n) is 6.83. The molecule has 0 aliphatic rings. The summed E-state index contributed by atoms with van der Waals surface area (Å²) < 4.78 is 2.00. The fourth-order valence-electron chi connectivity index (χ4n) is 3.30. The number of hydrogen-bond acceptors (Lipinski definition) is 4. The Morgan fingerprint density at radius 1 is 1.07 bits per heavy atom. The van der Waals surface area contributed by atoms with Gasteiger partial charge >= 0.3 is 0 Å². The fraction of sp³-hybridized carbons (Fsp3) is 0.182. The molecular weight excluding hydrogens is 402 g/mol. The number of imidazole rings is 1. The molecule has 0 spiro atoms. The molecule has 1 amide bonds. The lowest BCUT2D eigenvalue weighted by Crippen LogP contribution is -2.12. The van der Waals surface area contributed by atoms with E-state index >= 15 is 0 Å². The van der Waals surface area contributed by atoms with Crippen LogP contribution >= 0.6 is 12.4 Å². The van der Waals surface area contributed by atoms with Crippen molar-refractivity contribution < 1.29 is 4.79 Å². The second kappa shape index (κ2) is 9.84. The summed E-state index contributed by atoms with van der Waals surface area (Å²) in [4.78, 5) is 28.3. The third-order valence-corrected chi connectivity index (χ3v) is 4.75. The van der Waals surface area contributed by atoms with Gasteiger partial charge in [0.15, 0.2) is 0 Å². The van der Waals surface area contributed by atoms with E-state index in [1.807, 2.05) is 53.2 Å². The number of nitrogens with one attached hydrogen (secondary N) is 2. The summed E-state index contributed by atoms with van der Waals surface area (Å²) in [7, 11) is 0. The molecule has 2 N–H and O–H groups in total. The van der Waals surface area contributed by atoms with Gasteiger partial charge in [0, 0.05) is 42.0 Å². The summed E-state index contributed by atoms with van der Waals surface area (Å²) in [5, 5.41) is 11.1. The molecule has 8 heteroatoms. The van der Waals surface area contributed by atoms with Crippen molar-refractivity contribution >= 4 is 34.8 Å². The highest BCUT2D eigenvalue weighted by Gasteiger charge is 2.10. The van der Waals surface area contributed by atoms with Crippen molar-refractivity contribution in [2.75, 3.05) is 5.32 Å². The number of H-pyrrole nitrogens is 1. The van der Waals surface area contributed by atoms with E-state index in [4.69, 9.17) is 0 Å². The minimum atomic E-state index is -0.218. The minimum absolute atomic E-state index is 0. The highest BCUT2D eigenvalue weighted by molar-refractivity contribution is 5.95. The number of rotatable bonds is 7. The molecule has 2 heterocycles. The lowest BCUT2D eigenvalue weighted by molar-refractivity contribution is -0.116. The van der Waals surface area contributed by atoms with Gasteiger partial charge in [-0.3, -0.25) is 9.59 Å². The number of unbranched alkanes of at least 4 members (excludes halogenated alkanes) is 1. The van der Waals surface area contributed by atoms with Crippen molar-refractivity contribution in [3.8, 4) is 11.3 Å². The number of carbonyl (C=O) groups excluding carboxylic acids is 1. The Morgan fingerprint density at radius 3 is 2.70 bits per heavy atom. The normalized spacial score (nSPS) is 10.5. The summed E-state index contributed by atoms with van der Waals surface area (Å²) in [6.07, 6.45) is 7.62. The first-order chi connectivity index (χ1) is 14.2. The third-order valence-electron chi connectivity index (χ3n) is 4.75. The van der Waals surface area contributed by atoms with Crippen LogP contribution in [0.5, 0.6) is 0 Å². The zero-order valence-corrected chi connectivity index (χ0v) is 17.1. The summed E-state index contributed by atoms with van der Waals surface area (Å²) in [6.45, 7) is 0.855. The van der Waals surface area contributed by atoms with Crippen LogP contribution in [-0.2, 0) is 11.3 Å². The maximum Gasteiger partial charge on any atom is 0.272 e. The molecule has 0 aliphatic carbocycles. The van der Waals surface area contributed by atoms with Gasteiger partial charge < -0.3 is 9.88 Å². The van der Waals surface area contributed by atoms with Crippen LogP contribution in [0.2, 0.25) is 0 Å². The van der Waals surface area contributed by atoms with Crippen LogP contribution in [-0.4, -0.2) is 25.7 Å². The van der Waals surface area contributed by atoms with Crippen LogP contribution in [0.1, 0.15) is 19.3 Å².